The molecule has 2 rings (SSSR count). The van der Waals surface area contributed by atoms with Gasteiger partial charge in [0.25, 0.3) is 6.10 Å². The Kier molecular flexibility index (Phi) is 12.3. The van der Waals surface area contributed by atoms with Gasteiger partial charge in [0.15, 0.2) is 0 Å². The van der Waals surface area contributed by atoms with Crippen LogP contribution in [0.1, 0.15) is 25.0 Å². The number of piperazine rings is 1. The predicted molar refractivity (Wildman–Crippen MR) is 104 cm³/mol. The van der Waals surface area contributed by atoms with Crippen LogP contribution in [-0.2, 0) is 22.3 Å². The normalized spacial score (nSPS) is 15.4. The van der Waals surface area contributed by atoms with Gasteiger partial charge in [-0.3, -0.25) is 4.90 Å². The Balaban J connectivity index is 0.00000684. The molecular formula is C20H22F9N2NaO6. The molecule has 1 aliphatic heterocycles. The molecule has 1 aliphatic rings. The van der Waals surface area contributed by atoms with Crippen molar-refractivity contribution in [2.45, 2.75) is 50.6 Å². The topological polar surface area (TPSA) is 114 Å². The van der Waals surface area contributed by atoms with Gasteiger partial charge in [0.1, 0.15) is 11.4 Å². The second kappa shape index (κ2) is 12.9. The number of halogens is 9. The number of amides is 1. The first-order valence-corrected chi connectivity index (χ1v) is 10.1. The van der Waals surface area contributed by atoms with E-state index < -0.39 is 53.6 Å². The molecule has 0 aliphatic carbocycles. The van der Waals surface area contributed by atoms with E-state index >= 15 is 0 Å². The summed E-state index contributed by atoms with van der Waals surface area (Å²) >= 11 is 0. The van der Waals surface area contributed by atoms with Crippen LogP contribution >= 0.6 is 0 Å². The van der Waals surface area contributed by atoms with Crippen molar-refractivity contribution in [3.05, 3.63) is 29.3 Å². The number of rotatable bonds is 6. The van der Waals surface area contributed by atoms with Crippen LogP contribution in [-0.4, -0.2) is 77.6 Å². The summed E-state index contributed by atoms with van der Waals surface area (Å²) in [6.45, 7) is 1.11. The maximum atomic E-state index is 13.1. The summed E-state index contributed by atoms with van der Waals surface area (Å²) in [5, 5.41) is 11.2. The minimum atomic E-state index is -5.87. The fourth-order valence-electron chi connectivity index (χ4n) is 3.10. The number of alkyl halides is 9. The van der Waals surface area contributed by atoms with Gasteiger partial charge in [0.05, 0.1) is 11.5 Å². The SMILES string of the molecule is CC(C)(Oc1cc(C(F)(F)F)ccc1CN1CCN(C(=O)OC(C(F)(F)F)C(F)(F)F)CC1)C(=O)[O-].O.[Na+]. The Bertz CT molecular complexity index is 948. The number of carbonyl (C=O) groups is 2. The molecule has 212 valence electrons. The largest absolute Gasteiger partial charge is 1.00 e. The van der Waals surface area contributed by atoms with Crippen molar-refractivity contribution in [2.75, 3.05) is 26.2 Å². The number of nitrogens with zero attached hydrogens (tertiary/aromatic N) is 2. The number of hydrogen-bond donors (Lipinski definition) is 0. The van der Waals surface area contributed by atoms with Crippen molar-refractivity contribution >= 4 is 12.1 Å². The molecule has 0 aromatic heterocycles. The first-order valence-electron chi connectivity index (χ1n) is 10.1. The molecular weight excluding hydrogens is 558 g/mol. The summed E-state index contributed by atoms with van der Waals surface area (Å²) in [7, 11) is 0. The minimum Gasteiger partial charge on any atom is -0.546 e. The first-order chi connectivity index (χ1) is 16.2. The van der Waals surface area contributed by atoms with Gasteiger partial charge in [0.2, 0.25) is 0 Å². The number of benzene rings is 1. The second-order valence-electron chi connectivity index (χ2n) is 8.33. The predicted octanol–water partition coefficient (Wildman–Crippen LogP) is -0.461. The van der Waals surface area contributed by atoms with E-state index in [4.69, 9.17) is 4.74 Å². The smallest absolute Gasteiger partial charge is 0.546 e. The third-order valence-electron chi connectivity index (χ3n) is 5.09. The molecule has 1 saturated heterocycles. The van der Waals surface area contributed by atoms with Crippen LogP contribution < -0.4 is 39.4 Å². The number of aliphatic carboxylic acids is 1. The molecule has 0 spiro atoms. The molecule has 1 amide bonds. The van der Waals surface area contributed by atoms with Crippen molar-refractivity contribution in [2.24, 2.45) is 0 Å². The van der Waals surface area contributed by atoms with Crippen molar-refractivity contribution in [3.8, 4) is 5.75 Å². The van der Waals surface area contributed by atoms with Crippen LogP contribution in [0.5, 0.6) is 5.75 Å². The monoisotopic (exact) mass is 580 g/mol. The van der Waals surface area contributed by atoms with Gasteiger partial charge < -0.3 is 29.8 Å². The summed E-state index contributed by atoms with van der Waals surface area (Å²) < 4.78 is 124. The van der Waals surface area contributed by atoms with Crippen LogP contribution in [0.3, 0.4) is 0 Å². The van der Waals surface area contributed by atoms with Crippen LogP contribution in [0.2, 0.25) is 0 Å². The van der Waals surface area contributed by atoms with Crippen LogP contribution in [0, 0.1) is 0 Å². The molecule has 1 aromatic carbocycles. The van der Waals surface area contributed by atoms with Gasteiger partial charge in [0, 0.05) is 38.3 Å². The fourth-order valence-corrected chi connectivity index (χ4v) is 3.10. The Morgan fingerprint density at radius 3 is 1.87 bits per heavy atom. The summed E-state index contributed by atoms with van der Waals surface area (Å²) in [6.07, 6.45) is -22.6. The summed E-state index contributed by atoms with van der Waals surface area (Å²) in [6, 6.07) is 2.37. The number of ether oxygens (including phenoxy) is 2. The van der Waals surface area contributed by atoms with Gasteiger partial charge >= 0.3 is 54.2 Å². The molecule has 1 fully saturated rings. The molecule has 0 saturated carbocycles. The molecule has 38 heavy (non-hydrogen) atoms. The van der Waals surface area contributed by atoms with Gasteiger partial charge in [-0.15, -0.1) is 0 Å². The van der Waals surface area contributed by atoms with Crippen LogP contribution in [0.25, 0.3) is 0 Å². The maximum absolute atomic E-state index is 13.1. The number of carboxylic acid groups (broad SMARTS) is 1. The third-order valence-corrected chi connectivity index (χ3v) is 5.09. The van der Waals surface area contributed by atoms with E-state index in [1.165, 1.54) is 4.90 Å². The second-order valence-corrected chi connectivity index (χ2v) is 8.33. The molecule has 0 atom stereocenters. The zero-order chi connectivity index (χ0) is 27.7. The standard InChI is InChI=1S/C20H21F9N2O5.Na.H2O/c1-17(2,15(32)33)36-13-9-12(18(21,22)23)4-3-11(13)10-30-5-7-31(8-6-30)16(34)35-14(19(24,25)26)20(27,28)29;;/h3-4,9,14H,5-8,10H2,1-2H3,(H,32,33);;1H2/q;+1;/p-1. The minimum absolute atomic E-state index is 0. The summed E-state index contributed by atoms with van der Waals surface area (Å²) in [5.74, 6) is -2.12. The molecule has 0 unspecified atom stereocenters. The average molecular weight is 580 g/mol. The Morgan fingerprint density at radius 1 is 0.947 bits per heavy atom. The summed E-state index contributed by atoms with van der Waals surface area (Å²) in [4.78, 5) is 25.3. The Morgan fingerprint density at radius 2 is 1.45 bits per heavy atom. The van der Waals surface area contributed by atoms with Crippen molar-refractivity contribution in [1.82, 2.24) is 9.80 Å². The van der Waals surface area contributed by atoms with Crippen molar-refractivity contribution < 1.29 is 98.7 Å². The molecule has 0 radical (unpaired) electrons. The molecule has 8 nitrogen and oxygen atoms in total. The molecule has 1 aromatic rings. The molecule has 18 heteroatoms. The van der Waals surface area contributed by atoms with E-state index in [0.29, 0.717) is 11.0 Å². The quantitative estimate of drug-likeness (QED) is 0.333. The van der Waals surface area contributed by atoms with Gasteiger partial charge in [-0.2, -0.15) is 39.5 Å². The first kappa shape index (κ1) is 36.0. The van der Waals surface area contributed by atoms with E-state index in [-0.39, 0.29) is 73.3 Å². The average Bonchev–Trinajstić information content (AvgIpc) is 2.70. The zero-order valence-electron chi connectivity index (χ0n) is 20.2. The van der Waals surface area contributed by atoms with Gasteiger partial charge in [-0.1, -0.05) is 6.07 Å². The van der Waals surface area contributed by atoms with Gasteiger partial charge in [-0.05, 0) is 26.0 Å². The van der Waals surface area contributed by atoms with Crippen molar-refractivity contribution in [3.63, 3.8) is 0 Å². The van der Waals surface area contributed by atoms with Crippen LogP contribution in [0.15, 0.2) is 18.2 Å². The molecule has 1 heterocycles. The van der Waals surface area contributed by atoms with E-state index in [2.05, 4.69) is 4.74 Å². The third kappa shape index (κ3) is 9.66. The van der Waals surface area contributed by atoms with E-state index in [0.717, 1.165) is 26.0 Å². The molecule has 2 N–H and O–H groups in total. The van der Waals surface area contributed by atoms with E-state index in [9.17, 15) is 54.2 Å². The van der Waals surface area contributed by atoms with Crippen LogP contribution in [0.4, 0.5) is 44.3 Å². The zero-order valence-corrected chi connectivity index (χ0v) is 22.2. The summed E-state index contributed by atoms with van der Waals surface area (Å²) in [5.41, 5.74) is -3.01. The number of carboxylic acids is 1. The fraction of sp³-hybridized carbons (Fsp3) is 0.600. The number of carbonyl (C=O) groups excluding carboxylic acids is 2. The number of hydrogen-bond acceptors (Lipinski definition) is 6. The van der Waals surface area contributed by atoms with E-state index in [1.54, 1.807) is 0 Å². The Labute approximate surface area is 232 Å². The van der Waals surface area contributed by atoms with Crippen molar-refractivity contribution in [1.29, 1.82) is 0 Å². The maximum Gasteiger partial charge on any atom is 1.00 e. The van der Waals surface area contributed by atoms with E-state index in [1.807, 2.05) is 0 Å². The molecule has 0 bridgehead atoms. The Hall–Kier alpha value is -1.95. The van der Waals surface area contributed by atoms with Gasteiger partial charge in [-0.25, -0.2) is 4.79 Å².